The molecule has 4 heteroatoms. The molecule has 4 nitrogen and oxygen atoms in total. The van der Waals surface area contributed by atoms with Crippen LogP contribution < -0.4 is 10.6 Å². The fourth-order valence-corrected chi connectivity index (χ4v) is 3.63. The van der Waals surface area contributed by atoms with Gasteiger partial charge in [0.25, 0.3) is 0 Å². The lowest BCUT2D eigenvalue weighted by molar-refractivity contribution is -0.0613. The van der Waals surface area contributed by atoms with Crippen molar-refractivity contribution in [1.82, 2.24) is 4.98 Å². The van der Waals surface area contributed by atoms with Crippen molar-refractivity contribution in [3.8, 4) is 0 Å². The minimum absolute atomic E-state index is 0.0290. The first-order chi connectivity index (χ1) is 9.58. The van der Waals surface area contributed by atoms with Crippen LogP contribution in [0.25, 0.3) is 0 Å². The molecule has 0 aromatic carbocycles. The predicted octanol–water partition coefficient (Wildman–Crippen LogP) is 2.23. The van der Waals surface area contributed by atoms with Crippen LogP contribution in [0.2, 0.25) is 0 Å². The molecule has 2 unspecified atom stereocenters. The summed E-state index contributed by atoms with van der Waals surface area (Å²) >= 11 is 0. The van der Waals surface area contributed by atoms with Gasteiger partial charge in [0.05, 0.1) is 5.60 Å². The first-order valence-corrected chi connectivity index (χ1v) is 7.77. The number of aliphatic hydroxyl groups is 1. The molecule has 1 saturated heterocycles. The lowest BCUT2D eigenvalue weighted by Crippen LogP contribution is -2.53. The SMILES string of the molecule is C[C@H](N)c1ccc(N2CCC3(O)CCCCC3C2)nc1. The van der Waals surface area contributed by atoms with Crippen molar-refractivity contribution in [1.29, 1.82) is 0 Å². The molecule has 3 atom stereocenters. The van der Waals surface area contributed by atoms with Gasteiger partial charge >= 0.3 is 0 Å². The number of anilines is 1. The number of pyridine rings is 1. The van der Waals surface area contributed by atoms with E-state index in [9.17, 15) is 5.11 Å². The number of hydrogen-bond acceptors (Lipinski definition) is 4. The molecule has 20 heavy (non-hydrogen) atoms. The summed E-state index contributed by atoms with van der Waals surface area (Å²) in [6.07, 6.45) is 7.29. The fraction of sp³-hybridized carbons (Fsp3) is 0.688. The zero-order valence-electron chi connectivity index (χ0n) is 12.3. The molecule has 1 aliphatic heterocycles. The summed E-state index contributed by atoms with van der Waals surface area (Å²) in [7, 11) is 0. The van der Waals surface area contributed by atoms with Gasteiger partial charge in [-0.15, -0.1) is 0 Å². The summed E-state index contributed by atoms with van der Waals surface area (Å²) in [4.78, 5) is 6.86. The molecule has 0 radical (unpaired) electrons. The van der Waals surface area contributed by atoms with Crippen molar-refractivity contribution < 1.29 is 5.11 Å². The highest BCUT2D eigenvalue weighted by Gasteiger charge is 2.42. The molecule has 1 aromatic rings. The van der Waals surface area contributed by atoms with Crippen LogP contribution in [0.3, 0.4) is 0 Å². The first-order valence-electron chi connectivity index (χ1n) is 7.77. The third-order valence-corrected chi connectivity index (χ3v) is 5.05. The molecule has 1 aliphatic carbocycles. The predicted molar refractivity (Wildman–Crippen MR) is 80.6 cm³/mol. The van der Waals surface area contributed by atoms with Crippen LogP contribution in [0.4, 0.5) is 5.82 Å². The number of nitrogens with two attached hydrogens (primary N) is 1. The minimum Gasteiger partial charge on any atom is -0.389 e. The second-order valence-corrected chi connectivity index (χ2v) is 6.48. The molecule has 0 amide bonds. The Balaban J connectivity index is 1.72. The smallest absolute Gasteiger partial charge is 0.128 e. The largest absolute Gasteiger partial charge is 0.389 e. The highest BCUT2D eigenvalue weighted by molar-refractivity contribution is 5.41. The number of rotatable bonds is 2. The average molecular weight is 275 g/mol. The number of fused-ring (bicyclic) bond motifs is 1. The summed E-state index contributed by atoms with van der Waals surface area (Å²) in [6.45, 7) is 3.80. The topological polar surface area (TPSA) is 62.4 Å². The number of piperidine rings is 1. The van der Waals surface area contributed by atoms with Gasteiger partial charge in [-0.2, -0.15) is 0 Å². The van der Waals surface area contributed by atoms with Gasteiger partial charge in [0.15, 0.2) is 0 Å². The van der Waals surface area contributed by atoms with Crippen LogP contribution in [0.5, 0.6) is 0 Å². The van der Waals surface area contributed by atoms with Crippen molar-refractivity contribution >= 4 is 5.82 Å². The van der Waals surface area contributed by atoms with Gasteiger partial charge in [0.2, 0.25) is 0 Å². The van der Waals surface area contributed by atoms with Crippen molar-refractivity contribution in [2.75, 3.05) is 18.0 Å². The number of hydrogen-bond donors (Lipinski definition) is 2. The molecule has 3 N–H and O–H groups in total. The van der Waals surface area contributed by atoms with Gasteiger partial charge in [0, 0.05) is 31.2 Å². The van der Waals surface area contributed by atoms with Crippen LogP contribution in [0, 0.1) is 5.92 Å². The van der Waals surface area contributed by atoms with Crippen molar-refractivity contribution in [3.05, 3.63) is 23.9 Å². The van der Waals surface area contributed by atoms with Gasteiger partial charge < -0.3 is 15.7 Å². The Labute approximate surface area is 121 Å². The Kier molecular flexibility index (Phi) is 3.69. The normalized spacial score (nSPS) is 31.8. The molecule has 0 bridgehead atoms. The number of aromatic nitrogens is 1. The fourth-order valence-electron chi connectivity index (χ4n) is 3.63. The molecule has 0 spiro atoms. The van der Waals surface area contributed by atoms with E-state index >= 15 is 0 Å². The monoisotopic (exact) mass is 275 g/mol. The average Bonchev–Trinajstić information content (AvgIpc) is 2.46. The number of nitrogens with zero attached hydrogens (tertiary/aromatic N) is 2. The molecule has 1 aromatic heterocycles. The third kappa shape index (κ3) is 2.54. The highest BCUT2D eigenvalue weighted by Crippen LogP contribution is 2.40. The maximum absolute atomic E-state index is 10.7. The lowest BCUT2D eigenvalue weighted by atomic mass is 9.71. The zero-order valence-corrected chi connectivity index (χ0v) is 12.3. The van der Waals surface area contributed by atoms with Gasteiger partial charge in [-0.05, 0) is 37.8 Å². The van der Waals surface area contributed by atoms with Gasteiger partial charge in [0.1, 0.15) is 5.82 Å². The van der Waals surface area contributed by atoms with E-state index in [-0.39, 0.29) is 6.04 Å². The Morgan fingerprint density at radius 1 is 1.40 bits per heavy atom. The Hall–Kier alpha value is -1.13. The molecular weight excluding hydrogens is 250 g/mol. The van der Waals surface area contributed by atoms with Crippen LogP contribution in [0.1, 0.15) is 50.6 Å². The summed E-state index contributed by atoms with van der Waals surface area (Å²) in [5.74, 6) is 1.42. The van der Waals surface area contributed by atoms with Crippen LogP contribution >= 0.6 is 0 Å². The van der Waals surface area contributed by atoms with Crippen molar-refractivity contribution in [2.45, 2.75) is 50.7 Å². The lowest BCUT2D eigenvalue weighted by Gasteiger charge is -2.47. The third-order valence-electron chi connectivity index (χ3n) is 5.05. The summed E-state index contributed by atoms with van der Waals surface area (Å²) in [6, 6.07) is 4.15. The van der Waals surface area contributed by atoms with E-state index in [2.05, 4.69) is 22.0 Å². The maximum Gasteiger partial charge on any atom is 0.128 e. The zero-order chi connectivity index (χ0) is 14.2. The standard InChI is InChI=1S/C16H25N3O/c1-12(17)13-5-6-15(18-10-13)19-9-8-16(20)7-3-2-4-14(16)11-19/h5-6,10,12,14,20H,2-4,7-9,11,17H2,1H3/t12-,14?,16?/m0/s1. The molecule has 2 fully saturated rings. The van der Waals surface area contributed by atoms with Crippen LogP contribution in [0.15, 0.2) is 18.3 Å². The van der Waals surface area contributed by atoms with Crippen molar-refractivity contribution in [2.24, 2.45) is 11.7 Å². The minimum atomic E-state index is -0.416. The van der Waals surface area contributed by atoms with E-state index in [1.807, 2.05) is 13.1 Å². The Morgan fingerprint density at radius 3 is 2.95 bits per heavy atom. The van der Waals surface area contributed by atoms with Crippen LogP contribution in [-0.4, -0.2) is 28.8 Å². The Morgan fingerprint density at radius 2 is 2.25 bits per heavy atom. The first kappa shape index (κ1) is 13.8. The van der Waals surface area contributed by atoms with Gasteiger partial charge in [-0.1, -0.05) is 18.9 Å². The van der Waals surface area contributed by atoms with Gasteiger partial charge in [-0.25, -0.2) is 4.98 Å². The Bertz CT molecular complexity index is 459. The summed E-state index contributed by atoms with van der Waals surface area (Å²) < 4.78 is 0. The highest BCUT2D eigenvalue weighted by atomic mass is 16.3. The summed E-state index contributed by atoms with van der Waals surface area (Å²) in [5.41, 5.74) is 6.51. The second kappa shape index (κ2) is 5.34. The molecular formula is C16H25N3O. The van der Waals surface area contributed by atoms with Gasteiger partial charge in [-0.3, -0.25) is 0 Å². The summed E-state index contributed by atoms with van der Waals surface area (Å²) in [5, 5.41) is 10.7. The van der Waals surface area contributed by atoms with E-state index in [4.69, 9.17) is 5.73 Å². The van der Waals surface area contributed by atoms with Crippen LogP contribution in [-0.2, 0) is 0 Å². The quantitative estimate of drug-likeness (QED) is 0.869. The van der Waals surface area contributed by atoms with Crippen molar-refractivity contribution in [3.63, 3.8) is 0 Å². The van der Waals surface area contributed by atoms with E-state index in [1.54, 1.807) is 0 Å². The van der Waals surface area contributed by atoms with E-state index in [1.165, 1.54) is 12.8 Å². The van der Waals surface area contributed by atoms with E-state index in [0.29, 0.717) is 5.92 Å². The second-order valence-electron chi connectivity index (χ2n) is 6.48. The van der Waals surface area contributed by atoms with E-state index in [0.717, 1.165) is 43.7 Å². The molecule has 2 heterocycles. The maximum atomic E-state index is 10.7. The molecule has 3 rings (SSSR count). The van der Waals surface area contributed by atoms with E-state index < -0.39 is 5.60 Å². The molecule has 2 aliphatic rings. The molecule has 110 valence electrons. The molecule has 1 saturated carbocycles.